The van der Waals surface area contributed by atoms with E-state index in [4.69, 9.17) is 0 Å². The Morgan fingerprint density at radius 2 is 1.70 bits per heavy atom. The summed E-state index contributed by atoms with van der Waals surface area (Å²) in [6.07, 6.45) is -3.06. The molecule has 0 aliphatic heterocycles. The maximum Gasteiger partial charge on any atom is 0.416 e. The molecule has 0 unspecified atom stereocenters. The number of hydrogen-bond donors (Lipinski definition) is 0. The molecule has 8 heteroatoms. The van der Waals surface area contributed by atoms with Crippen molar-refractivity contribution in [1.82, 2.24) is 9.66 Å². The topological polar surface area (TPSA) is 47.2 Å². The third-order valence-corrected chi connectivity index (χ3v) is 4.92. The first kappa shape index (κ1) is 20.0. The molecule has 4 nitrogen and oxygen atoms in total. The van der Waals surface area contributed by atoms with E-state index in [1.807, 2.05) is 12.1 Å². The third-order valence-electron chi connectivity index (χ3n) is 4.39. The smallest absolute Gasteiger partial charge is 0.267 e. The molecule has 0 N–H and O–H groups in total. The van der Waals surface area contributed by atoms with E-state index in [-0.39, 0.29) is 11.4 Å². The number of aromatic nitrogens is 2. The second-order valence-corrected chi connectivity index (χ2v) is 7.36. The van der Waals surface area contributed by atoms with Crippen LogP contribution in [0.5, 0.6) is 0 Å². The SMILES string of the molecule is O=c1c2ccccc2nc(-c2cccc(C(F)(F)F)c2)n1N=Cc1ccc(Br)cc1. The quantitative estimate of drug-likeness (QED) is 0.358. The van der Waals surface area contributed by atoms with Crippen LogP contribution >= 0.6 is 15.9 Å². The van der Waals surface area contributed by atoms with Crippen molar-refractivity contribution in [1.29, 1.82) is 0 Å². The van der Waals surface area contributed by atoms with Gasteiger partial charge in [0, 0.05) is 10.0 Å². The van der Waals surface area contributed by atoms with E-state index in [1.54, 1.807) is 36.4 Å². The molecule has 0 saturated carbocycles. The summed E-state index contributed by atoms with van der Waals surface area (Å²) in [7, 11) is 0. The second kappa shape index (κ2) is 7.87. The molecule has 4 aromatic rings. The lowest BCUT2D eigenvalue weighted by Gasteiger charge is -2.12. The van der Waals surface area contributed by atoms with Crippen LogP contribution in [0.4, 0.5) is 13.2 Å². The molecule has 150 valence electrons. The molecule has 0 bridgehead atoms. The van der Waals surface area contributed by atoms with Gasteiger partial charge in [0.05, 0.1) is 22.7 Å². The highest BCUT2D eigenvalue weighted by Crippen LogP contribution is 2.31. The van der Waals surface area contributed by atoms with Crippen LogP contribution in [0.3, 0.4) is 0 Å². The van der Waals surface area contributed by atoms with Gasteiger partial charge >= 0.3 is 6.18 Å². The number of benzene rings is 3. The first-order valence-corrected chi connectivity index (χ1v) is 9.61. The van der Waals surface area contributed by atoms with Crippen molar-refractivity contribution in [2.45, 2.75) is 6.18 Å². The number of alkyl halides is 3. The average Bonchev–Trinajstić information content (AvgIpc) is 2.74. The van der Waals surface area contributed by atoms with Gasteiger partial charge in [0.2, 0.25) is 0 Å². The molecular weight excluding hydrogens is 459 g/mol. The second-order valence-electron chi connectivity index (χ2n) is 6.44. The summed E-state index contributed by atoms with van der Waals surface area (Å²) in [5, 5.41) is 4.56. The predicted molar refractivity (Wildman–Crippen MR) is 114 cm³/mol. The molecule has 4 rings (SSSR count). The molecule has 0 fully saturated rings. The predicted octanol–water partition coefficient (Wildman–Crippen LogP) is 5.73. The zero-order valence-electron chi connectivity index (χ0n) is 15.3. The van der Waals surface area contributed by atoms with Crippen LogP contribution in [0.15, 0.2) is 87.2 Å². The van der Waals surface area contributed by atoms with Crippen molar-refractivity contribution in [3.8, 4) is 11.4 Å². The van der Waals surface area contributed by atoms with Gasteiger partial charge in [-0.05, 0) is 42.0 Å². The molecular formula is C22H13BrF3N3O. The van der Waals surface area contributed by atoms with Gasteiger partial charge in [-0.25, -0.2) is 4.98 Å². The Bertz CT molecular complexity index is 1310. The lowest BCUT2D eigenvalue weighted by molar-refractivity contribution is -0.137. The zero-order valence-corrected chi connectivity index (χ0v) is 16.9. The number of fused-ring (bicyclic) bond motifs is 1. The molecule has 0 saturated heterocycles. The largest absolute Gasteiger partial charge is 0.416 e. The van der Waals surface area contributed by atoms with Crippen LogP contribution < -0.4 is 5.56 Å². The van der Waals surface area contributed by atoms with Gasteiger partial charge in [0.1, 0.15) is 0 Å². The lowest BCUT2D eigenvalue weighted by atomic mass is 10.1. The maximum absolute atomic E-state index is 13.2. The van der Waals surface area contributed by atoms with E-state index < -0.39 is 17.3 Å². The van der Waals surface area contributed by atoms with E-state index in [1.165, 1.54) is 18.3 Å². The minimum absolute atomic E-state index is 0.0261. The highest BCUT2D eigenvalue weighted by molar-refractivity contribution is 9.10. The van der Waals surface area contributed by atoms with Crippen molar-refractivity contribution in [3.63, 3.8) is 0 Å². The molecule has 0 atom stereocenters. The Balaban J connectivity index is 1.93. The van der Waals surface area contributed by atoms with Crippen LogP contribution in [-0.4, -0.2) is 15.9 Å². The number of halogens is 4. The van der Waals surface area contributed by atoms with Crippen LogP contribution in [0.2, 0.25) is 0 Å². The number of hydrogen-bond acceptors (Lipinski definition) is 3. The molecule has 0 aliphatic carbocycles. The average molecular weight is 472 g/mol. The number of rotatable bonds is 3. The fourth-order valence-corrected chi connectivity index (χ4v) is 3.19. The molecule has 1 aromatic heterocycles. The summed E-state index contributed by atoms with van der Waals surface area (Å²) >= 11 is 3.34. The van der Waals surface area contributed by atoms with E-state index in [0.29, 0.717) is 16.5 Å². The Morgan fingerprint density at radius 1 is 0.967 bits per heavy atom. The summed E-state index contributed by atoms with van der Waals surface area (Å²) in [4.78, 5) is 17.5. The van der Waals surface area contributed by atoms with Crippen molar-refractivity contribution >= 4 is 33.0 Å². The van der Waals surface area contributed by atoms with Gasteiger partial charge in [-0.3, -0.25) is 4.79 Å². The first-order valence-electron chi connectivity index (χ1n) is 8.82. The highest BCUT2D eigenvalue weighted by atomic mass is 79.9. The molecule has 0 spiro atoms. The molecule has 30 heavy (non-hydrogen) atoms. The molecule has 0 aliphatic rings. The van der Waals surface area contributed by atoms with Crippen LogP contribution in [-0.2, 0) is 6.18 Å². The fraction of sp³-hybridized carbons (Fsp3) is 0.0455. The molecule has 0 amide bonds. The van der Waals surface area contributed by atoms with Crippen molar-refractivity contribution < 1.29 is 13.2 Å². The van der Waals surface area contributed by atoms with E-state index in [2.05, 4.69) is 26.0 Å². The van der Waals surface area contributed by atoms with E-state index >= 15 is 0 Å². The molecule has 1 heterocycles. The van der Waals surface area contributed by atoms with E-state index in [9.17, 15) is 18.0 Å². The van der Waals surface area contributed by atoms with Gasteiger partial charge in [-0.1, -0.05) is 52.3 Å². The zero-order chi connectivity index (χ0) is 21.3. The van der Waals surface area contributed by atoms with Gasteiger partial charge in [0.15, 0.2) is 5.82 Å². The van der Waals surface area contributed by atoms with Gasteiger partial charge in [-0.15, -0.1) is 0 Å². The van der Waals surface area contributed by atoms with Crippen LogP contribution in [0, 0.1) is 0 Å². The number of nitrogens with zero attached hydrogens (tertiary/aromatic N) is 3. The standard InChI is InChI=1S/C22H13BrF3N3O/c23-17-10-8-14(9-11-17)13-27-29-20(15-4-3-5-16(12-15)22(24,25)26)28-19-7-2-1-6-18(19)21(29)30/h1-13H. The monoisotopic (exact) mass is 471 g/mol. The molecule has 0 radical (unpaired) electrons. The Labute approximate surface area is 177 Å². The third kappa shape index (κ3) is 4.04. The van der Waals surface area contributed by atoms with Crippen molar-refractivity contribution in [3.05, 3.63) is 98.7 Å². The minimum Gasteiger partial charge on any atom is -0.267 e. The van der Waals surface area contributed by atoms with Crippen molar-refractivity contribution in [2.24, 2.45) is 5.10 Å². The van der Waals surface area contributed by atoms with Crippen LogP contribution in [0.25, 0.3) is 22.3 Å². The Kier molecular flexibility index (Phi) is 5.26. The first-order chi connectivity index (χ1) is 14.3. The summed E-state index contributed by atoms with van der Waals surface area (Å²) in [6, 6.07) is 18.5. The van der Waals surface area contributed by atoms with Crippen LogP contribution in [0.1, 0.15) is 11.1 Å². The van der Waals surface area contributed by atoms with Gasteiger partial charge < -0.3 is 0 Å². The fourth-order valence-electron chi connectivity index (χ4n) is 2.93. The van der Waals surface area contributed by atoms with Gasteiger partial charge in [-0.2, -0.15) is 22.9 Å². The summed E-state index contributed by atoms with van der Waals surface area (Å²) in [5.41, 5.74) is -0.0638. The van der Waals surface area contributed by atoms with Gasteiger partial charge in [0.25, 0.3) is 5.56 Å². The normalized spacial score (nSPS) is 12.0. The minimum atomic E-state index is -4.52. The highest BCUT2D eigenvalue weighted by Gasteiger charge is 2.30. The summed E-state index contributed by atoms with van der Waals surface area (Å²) in [5.74, 6) is 0.0261. The summed E-state index contributed by atoms with van der Waals surface area (Å²) < 4.78 is 41.5. The lowest BCUT2D eigenvalue weighted by Crippen LogP contribution is -2.20. The Hall–Kier alpha value is -3.26. The Morgan fingerprint density at radius 3 is 2.43 bits per heavy atom. The molecule has 3 aromatic carbocycles. The van der Waals surface area contributed by atoms with Crippen molar-refractivity contribution in [2.75, 3.05) is 0 Å². The summed E-state index contributed by atoms with van der Waals surface area (Å²) in [6.45, 7) is 0. The number of para-hydroxylation sites is 1. The maximum atomic E-state index is 13.2. The van der Waals surface area contributed by atoms with E-state index in [0.717, 1.165) is 21.3 Å².